The fourth-order valence-electron chi connectivity index (χ4n) is 1.70. The summed E-state index contributed by atoms with van der Waals surface area (Å²) in [5, 5.41) is 14.2. The third kappa shape index (κ3) is 6.22. The number of hydrogen-bond donors (Lipinski definition) is 2. The maximum atomic E-state index is 11.0. The number of nitro benzene ring substituents is 1. The molecule has 1 rings (SSSR count). The summed E-state index contributed by atoms with van der Waals surface area (Å²) in [5.41, 5.74) is 5.78. The summed E-state index contributed by atoms with van der Waals surface area (Å²) < 4.78 is 5.31. The van der Waals surface area contributed by atoms with Gasteiger partial charge in [-0.15, -0.1) is 0 Å². The van der Waals surface area contributed by atoms with Crippen LogP contribution in [0.4, 0.5) is 5.69 Å². The molecule has 0 unspecified atom stereocenters. The van der Waals surface area contributed by atoms with Gasteiger partial charge in [-0.3, -0.25) is 14.9 Å². The molecular formula is C14H21N3O4. The summed E-state index contributed by atoms with van der Waals surface area (Å²) in [6.07, 6.45) is 0.0208. The SMILES string of the molecule is CC(C)CNCc1ccc([N+](=O)[O-])c(OCCC(N)=O)c1. The molecule has 0 aliphatic heterocycles. The van der Waals surface area contributed by atoms with E-state index in [0.29, 0.717) is 12.5 Å². The van der Waals surface area contributed by atoms with Crippen molar-refractivity contribution in [3.05, 3.63) is 33.9 Å². The highest BCUT2D eigenvalue weighted by Gasteiger charge is 2.15. The van der Waals surface area contributed by atoms with Gasteiger partial charge in [0.1, 0.15) is 0 Å². The molecule has 7 nitrogen and oxygen atoms in total. The molecule has 0 aliphatic carbocycles. The van der Waals surface area contributed by atoms with Crippen molar-refractivity contribution in [2.45, 2.75) is 26.8 Å². The van der Waals surface area contributed by atoms with Crippen molar-refractivity contribution >= 4 is 11.6 Å². The van der Waals surface area contributed by atoms with E-state index in [0.717, 1.165) is 12.1 Å². The standard InChI is InChI=1S/C14H21N3O4/c1-10(2)8-16-9-11-3-4-12(17(19)20)13(7-11)21-6-5-14(15)18/h3-4,7,10,16H,5-6,8-9H2,1-2H3,(H2,15,18). The van der Waals surface area contributed by atoms with E-state index >= 15 is 0 Å². The van der Waals surface area contributed by atoms with Gasteiger partial charge in [0.05, 0.1) is 18.0 Å². The molecule has 1 aromatic rings. The van der Waals surface area contributed by atoms with Crippen LogP contribution in [0.15, 0.2) is 18.2 Å². The number of carbonyl (C=O) groups is 1. The lowest BCUT2D eigenvalue weighted by Crippen LogP contribution is -2.19. The van der Waals surface area contributed by atoms with Crippen LogP contribution >= 0.6 is 0 Å². The number of nitrogens with two attached hydrogens (primary N) is 1. The minimum absolute atomic E-state index is 0.0208. The van der Waals surface area contributed by atoms with Gasteiger partial charge in [0.25, 0.3) is 0 Å². The zero-order valence-electron chi connectivity index (χ0n) is 12.3. The molecule has 0 radical (unpaired) electrons. The Balaban J connectivity index is 2.75. The van der Waals surface area contributed by atoms with Crippen molar-refractivity contribution in [3.63, 3.8) is 0 Å². The second-order valence-corrected chi connectivity index (χ2v) is 5.15. The van der Waals surface area contributed by atoms with Crippen molar-refractivity contribution < 1.29 is 14.5 Å². The highest BCUT2D eigenvalue weighted by molar-refractivity contribution is 5.73. The van der Waals surface area contributed by atoms with Gasteiger partial charge in [0.15, 0.2) is 5.75 Å². The first-order valence-electron chi connectivity index (χ1n) is 6.79. The van der Waals surface area contributed by atoms with Crippen LogP contribution in [-0.2, 0) is 11.3 Å². The number of benzene rings is 1. The van der Waals surface area contributed by atoms with Gasteiger partial charge in [0, 0.05) is 12.6 Å². The molecule has 21 heavy (non-hydrogen) atoms. The van der Waals surface area contributed by atoms with Gasteiger partial charge in [0.2, 0.25) is 5.91 Å². The van der Waals surface area contributed by atoms with E-state index in [1.165, 1.54) is 6.07 Å². The lowest BCUT2D eigenvalue weighted by molar-refractivity contribution is -0.385. The van der Waals surface area contributed by atoms with Gasteiger partial charge in [-0.2, -0.15) is 0 Å². The predicted octanol–water partition coefficient (Wildman–Crippen LogP) is 1.59. The minimum atomic E-state index is -0.509. The molecule has 0 saturated carbocycles. The average Bonchev–Trinajstić information content (AvgIpc) is 2.37. The number of primary amides is 1. The van der Waals surface area contributed by atoms with Crippen LogP contribution in [0.2, 0.25) is 0 Å². The zero-order chi connectivity index (χ0) is 15.8. The van der Waals surface area contributed by atoms with Crippen LogP contribution < -0.4 is 15.8 Å². The number of hydrogen-bond acceptors (Lipinski definition) is 5. The highest BCUT2D eigenvalue weighted by Crippen LogP contribution is 2.28. The second-order valence-electron chi connectivity index (χ2n) is 5.15. The first-order chi connectivity index (χ1) is 9.90. The van der Waals surface area contributed by atoms with E-state index in [1.54, 1.807) is 12.1 Å². The number of nitro groups is 1. The van der Waals surface area contributed by atoms with E-state index < -0.39 is 10.8 Å². The minimum Gasteiger partial charge on any atom is -0.486 e. The Kier molecular flexibility index (Phi) is 6.61. The van der Waals surface area contributed by atoms with E-state index in [2.05, 4.69) is 19.2 Å². The summed E-state index contributed by atoms with van der Waals surface area (Å²) in [4.78, 5) is 21.1. The Bertz CT molecular complexity index is 503. The molecule has 0 aromatic heterocycles. The third-order valence-electron chi connectivity index (χ3n) is 2.71. The third-order valence-corrected chi connectivity index (χ3v) is 2.71. The van der Waals surface area contributed by atoms with Crippen molar-refractivity contribution in [1.82, 2.24) is 5.32 Å². The van der Waals surface area contributed by atoms with Gasteiger partial charge in [-0.25, -0.2) is 0 Å². The largest absolute Gasteiger partial charge is 0.486 e. The smallest absolute Gasteiger partial charge is 0.310 e. The van der Waals surface area contributed by atoms with Crippen LogP contribution in [0.5, 0.6) is 5.75 Å². The molecule has 7 heteroatoms. The number of carbonyl (C=O) groups excluding carboxylic acids is 1. The Morgan fingerprint density at radius 3 is 2.76 bits per heavy atom. The zero-order valence-corrected chi connectivity index (χ0v) is 12.3. The van der Waals surface area contributed by atoms with E-state index in [9.17, 15) is 14.9 Å². The Morgan fingerprint density at radius 1 is 1.48 bits per heavy atom. The number of rotatable bonds is 9. The van der Waals surface area contributed by atoms with Crippen LogP contribution in [-0.4, -0.2) is 24.0 Å². The molecule has 0 spiro atoms. The number of nitrogens with zero attached hydrogens (tertiary/aromatic N) is 1. The molecule has 0 atom stereocenters. The van der Waals surface area contributed by atoms with E-state index in [4.69, 9.17) is 10.5 Å². The fourth-order valence-corrected chi connectivity index (χ4v) is 1.70. The monoisotopic (exact) mass is 295 g/mol. The number of ether oxygens (including phenoxy) is 1. The van der Waals surface area contributed by atoms with Gasteiger partial charge < -0.3 is 15.8 Å². The molecule has 1 aromatic carbocycles. The fraction of sp³-hybridized carbons (Fsp3) is 0.500. The number of amides is 1. The maximum absolute atomic E-state index is 11.0. The summed E-state index contributed by atoms with van der Waals surface area (Å²) >= 11 is 0. The molecule has 3 N–H and O–H groups in total. The van der Waals surface area contributed by atoms with Crippen molar-refractivity contribution in [2.75, 3.05) is 13.2 Å². The van der Waals surface area contributed by atoms with Crippen LogP contribution in [0.1, 0.15) is 25.8 Å². The molecule has 0 fully saturated rings. The topological polar surface area (TPSA) is 107 Å². The molecule has 0 aliphatic rings. The quantitative estimate of drug-likeness (QED) is 0.531. The maximum Gasteiger partial charge on any atom is 0.310 e. The Labute approximate surface area is 123 Å². The molecular weight excluding hydrogens is 274 g/mol. The van der Waals surface area contributed by atoms with Crippen LogP contribution in [0.25, 0.3) is 0 Å². The average molecular weight is 295 g/mol. The van der Waals surface area contributed by atoms with Gasteiger partial charge in [-0.05, 0) is 24.1 Å². The lowest BCUT2D eigenvalue weighted by atomic mass is 10.1. The normalized spacial score (nSPS) is 10.6. The van der Waals surface area contributed by atoms with E-state index in [1.807, 2.05) is 0 Å². The van der Waals surface area contributed by atoms with Gasteiger partial charge in [-0.1, -0.05) is 19.9 Å². The van der Waals surface area contributed by atoms with Crippen LogP contribution in [0, 0.1) is 16.0 Å². The summed E-state index contributed by atoms with van der Waals surface area (Å²) in [5.74, 6) is 0.173. The Morgan fingerprint density at radius 2 is 2.19 bits per heavy atom. The first kappa shape index (κ1) is 16.9. The predicted molar refractivity (Wildman–Crippen MR) is 78.9 cm³/mol. The Hall–Kier alpha value is -2.15. The van der Waals surface area contributed by atoms with Crippen molar-refractivity contribution in [2.24, 2.45) is 11.7 Å². The summed E-state index contributed by atoms with van der Waals surface area (Å²) in [6, 6.07) is 4.71. The molecule has 1 amide bonds. The van der Waals surface area contributed by atoms with Gasteiger partial charge >= 0.3 is 5.69 Å². The summed E-state index contributed by atoms with van der Waals surface area (Å²) in [7, 11) is 0. The second kappa shape index (κ2) is 8.21. The molecule has 116 valence electrons. The summed E-state index contributed by atoms with van der Waals surface area (Å²) in [6.45, 7) is 5.68. The van der Waals surface area contributed by atoms with Crippen LogP contribution in [0.3, 0.4) is 0 Å². The van der Waals surface area contributed by atoms with Crippen molar-refractivity contribution in [3.8, 4) is 5.75 Å². The lowest BCUT2D eigenvalue weighted by Gasteiger charge is -2.10. The molecule has 0 heterocycles. The van der Waals surface area contributed by atoms with E-state index in [-0.39, 0.29) is 24.5 Å². The molecule has 0 bridgehead atoms. The highest BCUT2D eigenvalue weighted by atomic mass is 16.6. The number of nitrogens with one attached hydrogen (secondary N) is 1. The van der Waals surface area contributed by atoms with Crippen molar-refractivity contribution in [1.29, 1.82) is 0 Å². The first-order valence-corrected chi connectivity index (χ1v) is 6.79. The molecule has 0 saturated heterocycles.